The van der Waals surface area contributed by atoms with Gasteiger partial charge in [0.15, 0.2) is 0 Å². The number of aromatic nitrogens is 2. The normalized spacial score (nSPS) is 12.5. The zero-order chi connectivity index (χ0) is 18.0. The third-order valence-corrected chi connectivity index (χ3v) is 3.91. The minimum atomic E-state index is -2.90. The van der Waals surface area contributed by atoms with Gasteiger partial charge in [-0.15, -0.1) is 0 Å². The largest absolute Gasteiger partial charge is 0.435 e. The maximum Gasteiger partial charge on any atom is 0.387 e. The number of ether oxygens (including phenoxy) is 1. The Labute approximate surface area is 142 Å². The number of para-hydroxylation sites is 1. The minimum absolute atomic E-state index is 0.00473. The quantitative estimate of drug-likeness (QED) is 0.771. The highest BCUT2D eigenvalue weighted by Gasteiger charge is 2.13. The number of hydrogen-bond acceptors (Lipinski definition) is 4. The number of aliphatic hydroxyl groups is 1. The second kappa shape index (κ2) is 6.98. The summed E-state index contributed by atoms with van der Waals surface area (Å²) in [5.74, 6) is 0.00552. The number of aliphatic hydroxyl groups excluding tert-OH is 1. The Morgan fingerprint density at radius 3 is 2.60 bits per heavy atom. The molecule has 130 valence electrons. The molecule has 2 aromatic carbocycles. The molecule has 1 heterocycles. The van der Waals surface area contributed by atoms with Crippen LogP contribution in [0.3, 0.4) is 0 Å². The van der Waals surface area contributed by atoms with E-state index in [1.54, 1.807) is 12.1 Å². The Balaban J connectivity index is 1.83. The lowest BCUT2D eigenvalue weighted by atomic mass is 10.1. The highest BCUT2D eigenvalue weighted by molar-refractivity contribution is 5.80. The van der Waals surface area contributed by atoms with Crippen LogP contribution in [0.4, 0.5) is 8.78 Å². The third kappa shape index (κ3) is 3.66. The molecule has 7 heteroatoms. The first-order chi connectivity index (χ1) is 12.0. The third-order valence-electron chi connectivity index (χ3n) is 3.91. The number of alkyl halides is 2. The van der Waals surface area contributed by atoms with Crippen molar-refractivity contribution in [1.29, 1.82) is 0 Å². The first-order valence-electron chi connectivity index (χ1n) is 7.63. The van der Waals surface area contributed by atoms with Gasteiger partial charge in [0.2, 0.25) is 0 Å². The second-order valence-electron chi connectivity index (χ2n) is 5.64. The molecule has 0 aliphatic heterocycles. The van der Waals surface area contributed by atoms with Crippen molar-refractivity contribution in [3.63, 3.8) is 0 Å². The molecule has 1 N–H and O–H groups in total. The topological polar surface area (TPSA) is 64.4 Å². The number of fused-ring (bicyclic) bond motifs is 1. The number of rotatable bonds is 5. The molecule has 0 spiro atoms. The standard InChI is InChI=1S/C18H16F2N2O3/c1-11-3-2-4-14-16(11)21-10-22(17(14)24)9-15(23)12-5-7-13(8-6-12)25-18(19)20/h2-8,10,15,18,23H,9H2,1H3. The smallest absolute Gasteiger partial charge is 0.387 e. The van der Waals surface area contributed by atoms with E-state index in [-0.39, 0.29) is 17.9 Å². The number of hydrogen-bond donors (Lipinski definition) is 1. The van der Waals surface area contributed by atoms with Crippen molar-refractivity contribution in [1.82, 2.24) is 9.55 Å². The molecule has 0 saturated heterocycles. The van der Waals surface area contributed by atoms with Crippen LogP contribution in [-0.2, 0) is 6.54 Å². The summed E-state index contributed by atoms with van der Waals surface area (Å²) in [7, 11) is 0. The van der Waals surface area contributed by atoms with Crippen molar-refractivity contribution >= 4 is 10.9 Å². The minimum Gasteiger partial charge on any atom is -0.435 e. The van der Waals surface area contributed by atoms with Gasteiger partial charge in [-0.1, -0.05) is 24.3 Å². The molecule has 0 saturated carbocycles. The van der Waals surface area contributed by atoms with Crippen LogP contribution in [0.5, 0.6) is 5.75 Å². The first-order valence-corrected chi connectivity index (χ1v) is 7.63. The lowest BCUT2D eigenvalue weighted by Crippen LogP contribution is -2.24. The molecule has 5 nitrogen and oxygen atoms in total. The van der Waals surface area contributed by atoms with Gasteiger partial charge in [-0.25, -0.2) is 4.98 Å². The average molecular weight is 346 g/mol. The van der Waals surface area contributed by atoms with Crippen LogP contribution >= 0.6 is 0 Å². The van der Waals surface area contributed by atoms with Crippen molar-refractivity contribution in [3.8, 4) is 5.75 Å². The number of nitrogens with zero attached hydrogens (tertiary/aromatic N) is 2. The number of aryl methyl sites for hydroxylation is 1. The summed E-state index contributed by atoms with van der Waals surface area (Å²) in [5.41, 5.74) is 1.77. The Bertz CT molecular complexity index is 939. The van der Waals surface area contributed by atoms with Crippen LogP contribution in [-0.4, -0.2) is 21.3 Å². The lowest BCUT2D eigenvalue weighted by molar-refractivity contribution is -0.0498. The molecule has 1 aromatic heterocycles. The predicted octanol–water partition coefficient (Wildman–Crippen LogP) is 3.04. The predicted molar refractivity (Wildman–Crippen MR) is 88.8 cm³/mol. The van der Waals surface area contributed by atoms with Crippen molar-refractivity contribution in [2.24, 2.45) is 0 Å². The van der Waals surface area contributed by atoms with Crippen LogP contribution < -0.4 is 10.3 Å². The van der Waals surface area contributed by atoms with Crippen LogP contribution in [0, 0.1) is 6.92 Å². The summed E-state index contributed by atoms with van der Waals surface area (Å²) in [6.45, 7) is -1.02. The van der Waals surface area contributed by atoms with Crippen molar-refractivity contribution in [2.45, 2.75) is 26.2 Å². The van der Waals surface area contributed by atoms with Gasteiger partial charge >= 0.3 is 6.61 Å². The van der Waals surface area contributed by atoms with E-state index in [0.29, 0.717) is 16.5 Å². The van der Waals surface area contributed by atoms with Gasteiger partial charge in [0, 0.05) is 0 Å². The molecule has 0 aliphatic carbocycles. The van der Waals surface area contributed by atoms with E-state index < -0.39 is 12.7 Å². The molecular weight excluding hydrogens is 330 g/mol. The lowest BCUT2D eigenvalue weighted by Gasteiger charge is -2.14. The van der Waals surface area contributed by atoms with E-state index in [4.69, 9.17) is 0 Å². The summed E-state index contributed by atoms with van der Waals surface area (Å²) >= 11 is 0. The van der Waals surface area contributed by atoms with Crippen LogP contribution in [0.25, 0.3) is 10.9 Å². The van der Waals surface area contributed by atoms with Gasteiger partial charge in [0.25, 0.3) is 5.56 Å². The molecular formula is C18H16F2N2O3. The summed E-state index contributed by atoms with van der Waals surface area (Å²) < 4.78 is 29.9. The Morgan fingerprint density at radius 2 is 1.92 bits per heavy atom. The Hall–Kier alpha value is -2.80. The molecule has 0 radical (unpaired) electrons. The van der Waals surface area contributed by atoms with Gasteiger partial charge in [0.1, 0.15) is 5.75 Å². The highest BCUT2D eigenvalue weighted by atomic mass is 19.3. The highest BCUT2D eigenvalue weighted by Crippen LogP contribution is 2.20. The van der Waals surface area contributed by atoms with Crippen LogP contribution in [0.1, 0.15) is 17.2 Å². The van der Waals surface area contributed by atoms with E-state index >= 15 is 0 Å². The van der Waals surface area contributed by atoms with E-state index in [1.807, 2.05) is 13.0 Å². The molecule has 0 fully saturated rings. The van der Waals surface area contributed by atoms with E-state index in [1.165, 1.54) is 35.2 Å². The first kappa shape index (κ1) is 17.0. The van der Waals surface area contributed by atoms with Crippen molar-refractivity contribution in [3.05, 3.63) is 70.3 Å². The van der Waals surface area contributed by atoms with E-state index in [9.17, 15) is 18.7 Å². The summed E-state index contributed by atoms with van der Waals surface area (Å²) in [4.78, 5) is 16.8. The fourth-order valence-corrected chi connectivity index (χ4v) is 2.63. The Kier molecular flexibility index (Phi) is 4.76. The van der Waals surface area contributed by atoms with Gasteiger partial charge in [-0.2, -0.15) is 8.78 Å². The molecule has 0 amide bonds. The van der Waals surface area contributed by atoms with Crippen LogP contribution in [0.2, 0.25) is 0 Å². The number of halogens is 2. The average Bonchev–Trinajstić information content (AvgIpc) is 2.58. The zero-order valence-corrected chi connectivity index (χ0v) is 13.4. The van der Waals surface area contributed by atoms with E-state index in [2.05, 4.69) is 9.72 Å². The van der Waals surface area contributed by atoms with Gasteiger partial charge < -0.3 is 9.84 Å². The molecule has 3 aromatic rings. The van der Waals surface area contributed by atoms with Crippen molar-refractivity contribution in [2.75, 3.05) is 0 Å². The monoisotopic (exact) mass is 346 g/mol. The van der Waals surface area contributed by atoms with Gasteiger partial charge in [-0.05, 0) is 36.2 Å². The number of benzene rings is 2. The van der Waals surface area contributed by atoms with Crippen molar-refractivity contribution < 1.29 is 18.6 Å². The maximum absolute atomic E-state index is 12.5. The molecule has 1 unspecified atom stereocenters. The molecule has 3 rings (SSSR count). The van der Waals surface area contributed by atoms with Gasteiger partial charge in [-0.3, -0.25) is 9.36 Å². The fraction of sp³-hybridized carbons (Fsp3) is 0.222. The molecule has 25 heavy (non-hydrogen) atoms. The molecule has 0 aliphatic rings. The summed E-state index contributed by atoms with van der Waals surface area (Å²) in [6.07, 6.45) is 0.414. The SMILES string of the molecule is Cc1cccc2c(=O)n(CC(O)c3ccc(OC(F)F)cc3)cnc12. The summed E-state index contributed by atoms with van der Waals surface area (Å²) in [5, 5.41) is 10.8. The van der Waals surface area contributed by atoms with Gasteiger partial charge in [0.05, 0.1) is 29.9 Å². The summed E-state index contributed by atoms with van der Waals surface area (Å²) in [6, 6.07) is 11.0. The van der Waals surface area contributed by atoms with E-state index in [0.717, 1.165) is 5.56 Å². The zero-order valence-electron chi connectivity index (χ0n) is 13.4. The molecule has 1 atom stereocenters. The Morgan fingerprint density at radius 1 is 1.20 bits per heavy atom. The maximum atomic E-state index is 12.5. The molecule has 0 bridgehead atoms. The second-order valence-corrected chi connectivity index (χ2v) is 5.64. The van der Waals surface area contributed by atoms with Crippen LogP contribution in [0.15, 0.2) is 53.6 Å². The fourth-order valence-electron chi connectivity index (χ4n) is 2.63.